The molecule has 0 spiro atoms. The molecule has 1 unspecified atom stereocenters. The lowest BCUT2D eigenvalue weighted by atomic mass is 10.1. The SMILES string of the molecule is O=C(NC1CCS(=O)(=O)C1)c1cccc(C(F)F)c1. The van der Waals surface area contributed by atoms with Gasteiger partial charge in [0.05, 0.1) is 11.5 Å². The van der Waals surface area contributed by atoms with E-state index in [1.54, 1.807) is 0 Å². The average molecular weight is 289 g/mol. The van der Waals surface area contributed by atoms with Crippen molar-refractivity contribution in [3.63, 3.8) is 0 Å². The third-order valence-electron chi connectivity index (χ3n) is 2.97. The molecule has 19 heavy (non-hydrogen) atoms. The Labute approximate surface area is 109 Å². The molecular weight excluding hydrogens is 276 g/mol. The number of nitrogens with one attached hydrogen (secondary N) is 1. The molecule has 104 valence electrons. The van der Waals surface area contributed by atoms with Crippen LogP contribution in [0.1, 0.15) is 28.8 Å². The maximum absolute atomic E-state index is 12.5. The number of benzene rings is 1. The molecule has 1 aromatic rings. The van der Waals surface area contributed by atoms with Crippen LogP contribution in [-0.2, 0) is 9.84 Å². The lowest BCUT2D eigenvalue weighted by molar-refractivity contribution is 0.0940. The zero-order valence-electron chi connectivity index (χ0n) is 9.97. The first-order valence-electron chi connectivity index (χ1n) is 5.77. The van der Waals surface area contributed by atoms with Crippen molar-refractivity contribution >= 4 is 15.7 Å². The number of alkyl halides is 2. The summed E-state index contributed by atoms with van der Waals surface area (Å²) in [4.78, 5) is 11.8. The third kappa shape index (κ3) is 3.50. The number of halogens is 2. The molecule has 1 aliphatic rings. The molecule has 1 fully saturated rings. The van der Waals surface area contributed by atoms with Crippen LogP contribution in [0.15, 0.2) is 24.3 Å². The molecule has 0 aliphatic carbocycles. The Morgan fingerprint density at radius 1 is 1.37 bits per heavy atom. The van der Waals surface area contributed by atoms with Crippen LogP contribution in [0.5, 0.6) is 0 Å². The fraction of sp³-hybridized carbons (Fsp3) is 0.417. The van der Waals surface area contributed by atoms with Crippen molar-refractivity contribution in [3.8, 4) is 0 Å². The molecule has 1 aliphatic heterocycles. The largest absolute Gasteiger partial charge is 0.348 e. The standard InChI is InChI=1S/C12H13F2NO3S/c13-11(14)8-2-1-3-9(6-8)12(16)15-10-4-5-19(17,18)7-10/h1-3,6,10-11H,4-5,7H2,(H,15,16). The Morgan fingerprint density at radius 2 is 2.11 bits per heavy atom. The quantitative estimate of drug-likeness (QED) is 0.918. The number of carbonyl (C=O) groups excluding carboxylic acids is 1. The molecule has 1 amide bonds. The summed E-state index contributed by atoms with van der Waals surface area (Å²) < 4.78 is 47.5. The average Bonchev–Trinajstić information content (AvgIpc) is 2.68. The zero-order valence-corrected chi connectivity index (χ0v) is 10.8. The van der Waals surface area contributed by atoms with E-state index in [4.69, 9.17) is 0 Å². The van der Waals surface area contributed by atoms with Crippen LogP contribution >= 0.6 is 0 Å². The van der Waals surface area contributed by atoms with Gasteiger partial charge in [0.1, 0.15) is 0 Å². The molecule has 1 aromatic carbocycles. The van der Waals surface area contributed by atoms with Gasteiger partial charge in [0.15, 0.2) is 9.84 Å². The molecule has 2 rings (SSSR count). The zero-order chi connectivity index (χ0) is 14.0. The summed E-state index contributed by atoms with van der Waals surface area (Å²) in [5, 5.41) is 2.55. The molecule has 0 bridgehead atoms. The minimum absolute atomic E-state index is 0.0506. The number of sulfone groups is 1. The molecule has 1 saturated heterocycles. The minimum Gasteiger partial charge on any atom is -0.348 e. The monoisotopic (exact) mass is 289 g/mol. The topological polar surface area (TPSA) is 63.2 Å². The van der Waals surface area contributed by atoms with Crippen molar-refractivity contribution < 1.29 is 22.0 Å². The van der Waals surface area contributed by atoms with Gasteiger partial charge in [-0.3, -0.25) is 4.79 Å². The van der Waals surface area contributed by atoms with Crippen molar-refractivity contribution in [2.75, 3.05) is 11.5 Å². The number of amides is 1. The molecule has 1 heterocycles. The summed E-state index contributed by atoms with van der Waals surface area (Å²) in [6.07, 6.45) is -2.28. The first-order chi connectivity index (χ1) is 8.87. The summed E-state index contributed by atoms with van der Waals surface area (Å²) in [7, 11) is -3.08. The first-order valence-corrected chi connectivity index (χ1v) is 7.59. The lowest BCUT2D eigenvalue weighted by Gasteiger charge is -2.11. The summed E-state index contributed by atoms with van der Waals surface area (Å²) >= 11 is 0. The molecule has 0 aromatic heterocycles. The molecule has 0 radical (unpaired) electrons. The van der Waals surface area contributed by atoms with Gasteiger partial charge in [-0.2, -0.15) is 0 Å². The Bertz CT molecular complexity index is 586. The number of carbonyl (C=O) groups is 1. The molecule has 0 saturated carbocycles. The maximum Gasteiger partial charge on any atom is 0.263 e. The summed E-state index contributed by atoms with van der Waals surface area (Å²) in [5.74, 6) is -0.563. The van der Waals surface area contributed by atoms with Crippen molar-refractivity contribution in [1.82, 2.24) is 5.32 Å². The Morgan fingerprint density at radius 3 is 2.68 bits per heavy atom. The smallest absolute Gasteiger partial charge is 0.263 e. The van der Waals surface area contributed by atoms with Gasteiger partial charge in [0.2, 0.25) is 0 Å². The second kappa shape index (κ2) is 5.24. The van der Waals surface area contributed by atoms with E-state index in [1.807, 2.05) is 0 Å². The van der Waals surface area contributed by atoms with Crippen molar-refractivity contribution in [3.05, 3.63) is 35.4 Å². The van der Waals surface area contributed by atoms with E-state index in [9.17, 15) is 22.0 Å². The second-order valence-corrected chi connectivity index (χ2v) is 6.73. The number of hydrogen-bond acceptors (Lipinski definition) is 3. The van der Waals surface area contributed by atoms with Crippen LogP contribution in [0.2, 0.25) is 0 Å². The molecule has 4 nitrogen and oxygen atoms in total. The van der Waals surface area contributed by atoms with Crippen molar-refractivity contribution in [2.45, 2.75) is 18.9 Å². The Kier molecular flexibility index (Phi) is 3.84. The van der Waals surface area contributed by atoms with Gasteiger partial charge in [-0.15, -0.1) is 0 Å². The Hall–Kier alpha value is -1.50. The van der Waals surface area contributed by atoms with Gasteiger partial charge in [0, 0.05) is 17.2 Å². The fourth-order valence-corrected chi connectivity index (χ4v) is 3.67. The Balaban J connectivity index is 2.06. The summed E-state index contributed by atoms with van der Waals surface area (Å²) in [5.41, 5.74) is -0.117. The van der Waals surface area contributed by atoms with Crippen LogP contribution in [0, 0.1) is 0 Å². The van der Waals surface area contributed by atoms with E-state index in [-0.39, 0.29) is 22.6 Å². The van der Waals surface area contributed by atoms with E-state index in [2.05, 4.69) is 5.32 Å². The third-order valence-corrected chi connectivity index (χ3v) is 4.74. The van der Waals surface area contributed by atoms with Crippen LogP contribution in [-0.4, -0.2) is 31.9 Å². The number of hydrogen-bond donors (Lipinski definition) is 1. The molecular formula is C12H13F2NO3S. The van der Waals surface area contributed by atoms with Gasteiger partial charge in [-0.05, 0) is 18.6 Å². The van der Waals surface area contributed by atoms with E-state index in [0.29, 0.717) is 6.42 Å². The van der Waals surface area contributed by atoms with Gasteiger partial charge < -0.3 is 5.32 Å². The van der Waals surface area contributed by atoms with Gasteiger partial charge >= 0.3 is 0 Å². The van der Waals surface area contributed by atoms with Crippen LogP contribution in [0.4, 0.5) is 8.78 Å². The van der Waals surface area contributed by atoms with E-state index < -0.39 is 28.2 Å². The molecule has 1 atom stereocenters. The highest BCUT2D eigenvalue weighted by atomic mass is 32.2. The second-order valence-electron chi connectivity index (χ2n) is 4.50. The van der Waals surface area contributed by atoms with Crippen molar-refractivity contribution in [1.29, 1.82) is 0 Å². The van der Waals surface area contributed by atoms with Crippen LogP contribution in [0.25, 0.3) is 0 Å². The molecule has 1 N–H and O–H groups in total. The van der Waals surface area contributed by atoms with Crippen LogP contribution < -0.4 is 5.32 Å². The minimum atomic E-state index is -3.08. The van der Waals surface area contributed by atoms with E-state index in [0.717, 1.165) is 6.07 Å². The summed E-state index contributed by atoms with van der Waals surface area (Å²) in [6.45, 7) is 0. The van der Waals surface area contributed by atoms with Crippen LogP contribution in [0.3, 0.4) is 0 Å². The summed E-state index contributed by atoms with van der Waals surface area (Å²) in [6, 6.07) is 4.71. The van der Waals surface area contributed by atoms with Gasteiger partial charge in [0.25, 0.3) is 12.3 Å². The molecule has 7 heteroatoms. The van der Waals surface area contributed by atoms with Gasteiger partial charge in [-0.25, -0.2) is 17.2 Å². The first kappa shape index (κ1) is 13.9. The lowest BCUT2D eigenvalue weighted by Crippen LogP contribution is -2.35. The van der Waals surface area contributed by atoms with E-state index in [1.165, 1.54) is 18.2 Å². The highest BCUT2D eigenvalue weighted by Crippen LogP contribution is 2.20. The van der Waals surface area contributed by atoms with Gasteiger partial charge in [-0.1, -0.05) is 12.1 Å². The highest BCUT2D eigenvalue weighted by Gasteiger charge is 2.29. The van der Waals surface area contributed by atoms with Crippen molar-refractivity contribution in [2.24, 2.45) is 0 Å². The predicted octanol–water partition coefficient (Wildman–Crippen LogP) is 1.54. The predicted molar refractivity (Wildman–Crippen MR) is 65.9 cm³/mol. The highest BCUT2D eigenvalue weighted by molar-refractivity contribution is 7.91. The van der Waals surface area contributed by atoms with E-state index >= 15 is 0 Å². The normalized spacial score (nSPS) is 21.5. The number of rotatable bonds is 3. The maximum atomic E-state index is 12.5. The fourth-order valence-electron chi connectivity index (χ4n) is 1.99.